The third-order valence-corrected chi connectivity index (χ3v) is 5.00. The van der Waals surface area contributed by atoms with Crippen LogP contribution in [0.1, 0.15) is 16.7 Å². The number of morpholine rings is 1. The van der Waals surface area contributed by atoms with E-state index in [1.54, 1.807) is 0 Å². The summed E-state index contributed by atoms with van der Waals surface area (Å²) in [7, 11) is 0. The normalized spacial score (nSPS) is 14.3. The predicted octanol–water partition coefficient (Wildman–Crippen LogP) is 4.83. The quantitative estimate of drug-likeness (QED) is 0.584. The molecule has 0 spiro atoms. The van der Waals surface area contributed by atoms with Gasteiger partial charge < -0.3 is 20.3 Å². The number of rotatable bonds is 5. The second-order valence-electron chi connectivity index (χ2n) is 7.53. The molecule has 1 aromatic heterocycles. The number of nitrogens with zero attached hydrogens (tertiary/aromatic N) is 4. The van der Waals surface area contributed by atoms with Crippen LogP contribution in [0.15, 0.2) is 42.5 Å². The molecular weight excluding hydrogens is 421 g/mol. The second-order valence-corrected chi connectivity index (χ2v) is 7.53. The second kappa shape index (κ2) is 8.99. The van der Waals surface area contributed by atoms with Crippen molar-refractivity contribution >= 4 is 29.2 Å². The Hall–Kier alpha value is -3.40. The zero-order valence-corrected chi connectivity index (χ0v) is 17.7. The SMILES string of the molecule is Cc1ccc(C)c(Nc2nc(Nc3cccc(C(F)(F)F)c3)nc(N3CCOCC3)n2)c1. The third kappa shape index (κ3) is 5.25. The Morgan fingerprint density at radius 2 is 1.62 bits per heavy atom. The Kier molecular flexibility index (Phi) is 6.13. The van der Waals surface area contributed by atoms with Gasteiger partial charge in [-0.3, -0.25) is 0 Å². The number of aryl methyl sites for hydroxylation is 2. The lowest BCUT2D eigenvalue weighted by molar-refractivity contribution is -0.137. The third-order valence-electron chi connectivity index (χ3n) is 5.00. The Balaban J connectivity index is 1.68. The van der Waals surface area contributed by atoms with Gasteiger partial charge in [-0.05, 0) is 49.2 Å². The van der Waals surface area contributed by atoms with E-state index in [1.807, 2.05) is 36.9 Å². The molecule has 4 rings (SSSR count). The molecule has 0 atom stereocenters. The van der Waals surface area contributed by atoms with Crippen molar-refractivity contribution in [2.24, 2.45) is 0 Å². The van der Waals surface area contributed by atoms with Crippen LogP contribution in [0.2, 0.25) is 0 Å². The molecule has 1 aliphatic heterocycles. The van der Waals surface area contributed by atoms with Gasteiger partial charge in [0.15, 0.2) is 0 Å². The first-order chi connectivity index (χ1) is 15.3. The maximum Gasteiger partial charge on any atom is 0.416 e. The van der Waals surface area contributed by atoms with Crippen molar-refractivity contribution in [1.29, 1.82) is 0 Å². The number of ether oxygens (including phenoxy) is 1. The van der Waals surface area contributed by atoms with Crippen molar-refractivity contribution in [3.05, 3.63) is 59.2 Å². The average Bonchev–Trinajstić information content (AvgIpc) is 2.76. The van der Waals surface area contributed by atoms with E-state index in [2.05, 4.69) is 25.6 Å². The monoisotopic (exact) mass is 444 g/mol. The Morgan fingerprint density at radius 3 is 2.34 bits per heavy atom. The largest absolute Gasteiger partial charge is 0.416 e. The summed E-state index contributed by atoms with van der Waals surface area (Å²) in [5.74, 6) is 0.865. The standard InChI is InChI=1S/C22H23F3N6O/c1-14-6-7-15(2)18(12-14)27-20-28-19(29-21(30-20)31-8-10-32-11-9-31)26-17-5-3-4-16(13-17)22(23,24)25/h3-7,12-13H,8-11H2,1-2H3,(H2,26,27,28,29,30). The zero-order valence-electron chi connectivity index (χ0n) is 17.7. The first-order valence-corrected chi connectivity index (χ1v) is 10.2. The van der Waals surface area contributed by atoms with Gasteiger partial charge in [-0.1, -0.05) is 18.2 Å². The lowest BCUT2D eigenvalue weighted by Gasteiger charge is -2.27. The minimum atomic E-state index is -4.44. The minimum Gasteiger partial charge on any atom is -0.378 e. The topological polar surface area (TPSA) is 75.2 Å². The molecule has 0 amide bonds. The number of benzene rings is 2. The number of halogens is 3. The number of anilines is 5. The maximum atomic E-state index is 13.1. The van der Waals surface area contributed by atoms with E-state index >= 15 is 0 Å². The summed E-state index contributed by atoms with van der Waals surface area (Å²) in [5, 5.41) is 6.10. The molecular formula is C22H23F3N6O. The Morgan fingerprint density at radius 1 is 0.906 bits per heavy atom. The van der Waals surface area contributed by atoms with Crippen LogP contribution in [0.25, 0.3) is 0 Å². The molecule has 1 saturated heterocycles. The number of alkyl halides is 3. The summed E-state index contributed by atoms with van der Waals surface area (Å²) in [6.45, 7) is 6.25. The van der Waals surface area contributed by atoms with E-state index in [0.29, 0.717) is 38.2 Å². The molecule has 10 heteroatoms. The van der Waals surface area contributed by atoms with Gasteiger partial charge in [0.1, 0.15) is 0 Å². The lowest BCUT2D eigenvalue weighted by Crippen LogP contribution is -2.37. The van der Waals surface area contributed by atoms with Crippen molar-refractivity contribution in [3.63, 3.8) is 0 Å². The molecule has 2 aromatic carbocycles. The fourth-order valence-corrected chi connectivity index (χ4v) is 3.27. The summed E-state index contributed by atoms with van der Waals surface area (Å²) in [4.78, 5) is 15.3. The molecule has 2 heterocycles. The van der Waals surface area contributed by atoms with E-state index in [9.17, 15) is 13.2 Å². The average molecular weight is 444 g/mol. The van der Waals surface area contributed by atoms with Crippen LogP contribution in [0.5, 0.6) is 0 Å². The number of aromatic nitrogens is 3. The van der Waals surface area contributed by atoms with Crippen LogP contribution < -0.4 is 15.5 Å². The summed E-state index contributed by atoms with van der Waals surface area (Å²) >= 11 is 0. The number of hydrogen-bond donors (Lipinski definition) is 2. The van der Waals surface area contributed by atoms with Gasteiger partial charge in [0, 0.05) is 24.5 Å². The van der Waals surface area contributed by atoms with Gasteiger partial charge in [-0.25, -0.2) is 0 Å². The Labute approximate surface area is 183 Å². The van der Waals surface area contributed by atoms with Crippen LogP contribution in [0, 0.1) is 13.8 Å². The number of hydrogen-bond acceptors (Lipinski definition) is 7. The molecule has 2 N–H and O–H groups in total. The summed E-state index contributed by atoms with van der Waals surface area (Å²) in [6.07, 6.45) is -4.44. The van der Waals surface area contributed by atoms with E-state index in [-0.39, 0.29) is 11.6 Å². The molecule has 0 saturated carbocycles. The van der Waals surface area contributed by atoms with E-state index < -0.39 is 11.7 Å². The van der Waals surface area contributed by atoms with Crippen LogP contribution in [-0.4, -0.2) is 41.3 Å². The molecule has 168 valence electrons. The molecule has 0 radical (unpaired) electrons. The van der Waals surface area contributed by atoms with Crippen LogP contribution >= 0.6 is 0 Å². The van der Waals surface area contributed by atoms with Gasteiger partial charge in [-0.15, -0.1) is 0 Å². The highest BCUT2D eigenvalue weighted by Gasteiger charge is 2.30. The highest BCUT2D eigenvalue weighted by molar-refractivity contribution is 5.62. The van der Waals surface area contributed by atoms with Crippen molar-refractivity contribution in [2.45, 2.75) is 20.0 Å². The summed E-state index contributed by atoms with van der Waals surface area (Å²) in [5.41, 5.74) is 2.41. The number of nitrogens with one attached hydrogen (secondary N) is 2. The van der Waals surface area contributed by atoms with Crippen molar-refractivity contribution in [1.82, 2.24) is 15.0 Å². The van der Waals surface area contributed by atoms with E-state index in [4.69, 9.17) is 4.74 Å². The van der Waals surface area contributed by atoms with E-state index in [1.165, 1.54) is 12.1 Å². The molecule has 3 aromatic rings. The fourth-order valence-electron chi connectivity index (χ4n) is 3.27. The minimum absolute atomic E-state index is 0.147. The van der Waals surface area contributed by atoms with Crippen LogP contribution in [0.4, 0.5) is 42.4 Å². The van der Waals surface area contributed by atoms with Gasteiger partial charge in [-0.2, -0.15) is 28.1 Å². The summed E-state index contributed by atoms with van der Waals surface area (Å²) < 4.78 is 44.7. The maximum absolute atomic E-state index is 13.1. The van der Waals surface area contributed by atoms with Crippen LogP contribution in [-0.2, 0) is 10.9 Å². The molecule has 1 fully saturated rings. The van der Waals surface area contributed by atoms with Crippen molar-refractivity contribution in [2.75, 3.05) is 41.8 Å². The van der Waals surface area contributed by atoms with Crippen molar-refractivity contribution < 1.29 is 17.9 Å². The van der Waals surface area contributed by atoms with Gasteiger partial charge >= 0.3 is 6.18 Å². The molecule has 0 bridgehead atoms. The van der Waals surface area contributed by atoms with Gasteiger partial charge in [0.25, 0.3) is 0 Å². The van der Waals surface area contributed by atoms with Crippen molar-refractivity contribution in [3.8, 4) is 0 Å². The molecule has 0 unspecified atom stereocenters. The smallest absolute Gasteiger partial charge is 0.378 e. The molecule has 32 heavy (non-hydrogen) atoms. The highest BCUT2D eigenvalue weighted by atomic mass is 19.4. The fraction of sp³-hybridized carbons (Fsp3) is 0.318. The zero-order chi connectivity index (χ0) is 22.7. The van der Waals surface area contributed by atoms with E-state index in [0.717, 1.165) is 28.9 Å². The Bertz CT molecular complexity index is 1100. The van der Waals surface area contributed by atoms with Gasteiger partial charge in [0.2, 0.25) is 17.8 Å². The first-order valence-electron chi connectivity index (χ1n) is 10.2. The first kappa shape index (κ1) is 21.8. The van der Waals surface area contributed by atoms with Gasteiger partial charge in [0.05, 0.1) is 18.8 Å². The van der Waals surface area contributed by atoms with Crippen LogP contribution in [0.3, 0.4) is 0 Å². The molecule has 1 aliphatic rings. The predicted molar refractivity (Wildman–Crippen MR) is 117 cm³/mol. The lowest BCUT2D eigenvalue weighted by atomic mass is 10.1. The molecule has 7 nitrogen and oxygen atoms in total. The highest BCUT2D eigenvalue weighted by Crippen LogP contribution is 2.31. The molecule has 0 aliphatic carbocycles. The summed E-state index contributed by atoms with van der Waals surface area (Å²) in [6, 6.07) is 10.9.